The van der Waals surface area contributed by atoms with Gasteiger partial charge in [0.2, 0.25) is 0 Å². The van der Waals surface area contributed by atoms with Crippen LogP contribution in [0.1, 0.15) is 31.2 Å². The van der Waals surface area contributed by atoms with Crippen LogP contribution in [-0.2, 0) is 11.2 Å². The van der Waals surface area contributed by atoms with Gasteiger partial charge in [-0.1, -0.05) is 30.3 Å². The van der Waals surface area contributed by atoms with E-state index in [0.29, 0.717) is 17.7 Å². The predicted molar refractivity (Wildman–Crippen MR) is 72.5 cm³/mol. The van der Waals surface area contributed by atoms with Gasteiger partial charge in [0.1, 0.15) is 5.78 Å². The van der Waals surface area contributed by atoms with Crippen LogP contribution >= 0.6 is 0 Å². The lowest BCUT2D eigenvalue weighted by Crippen LogP contribution is -2.51. The molecule has 0 spiro atoms. The molecule has 3 unspecified atom stereocenters. The first-order chi connectivity index (χ1) is 8.83. The van der Waals surface area contributed by atoms with E-state index in [-0.39, 0.29) is 0 Å². The van der Waals surface area contributed by atoms with Gasteiger partial charge in [0.05, 0.1) is 0 Å². The van der Waals surface area contributed by atoms with Gasteiger partial charge in [-0.15, -0.1) is 0 Å². The average molecular weight is 243 g/mol. The molecule has 2 aliphatic heterocycles. The SMILES string of the molecule is O=C1CC(CCc2ccccc2)N2CCCC1C2. The third-order valence-electron chi connectivity index (χ3n) is 4.47. The van der Waals surface area contributed by atoms with Gasteiger partial charge in [-0.25, -0.2) is 0 Å². The molecule has 1 aromatic rings. The minimum Gasteiger partial charge on any atom is -0.299 e. The van der Waals surface area contributed by atoms with E-state index in [1.807, 2.05) is 0 Å². The summed E-state index contributed by atoms with van der Waals surface area (Å²) in [4.78, 5) is 14.6. The summed E-state index contributed by atoms with van der Waals surface area (Å²) in [6, 6.07) is 11.1. The number of piperidine rings is 2. The summed E-state index contributed by atoms with van der Waals surface area (Å²) < 4.78 is 0. The summed E-state index contributed by atoms with van der Waals surface area (Å²) >= 11 is 0. The van der Waals surface area contributed by atoms with Crippen molar-refractivity contribution in [1.82, 2.24) is 4.90 Å². The lowest BCUT2D eigenvalue weighted by Gasteiger charge is -2.42. The number of ketones is 1. The Morgan fingerprint density at radius 2 is 2.06 bits per heavy atom. The third-order valence-corrected chi connectivity index (χ3v) is 4.47. The summed E-state index contributed by atoms with van der Waals surface area (Å²) in [6.45, 7) is 2.22. The minimum absolute atomic E-state index is 0.353. The third kappa shape index (κ3) is 2.49. The Labute approximate surface area is 109 Å². The van der Waals surface area contributed by atoms with Crippen molar-refractivity contribution in [3.8, 4) is 0 Å². The van der Waals surface area contributed by atoms with Gasteiger partial charge >= 0.3 is 0 Å². The second-order valence-electron chi connectivity index (χ2n) is 5.68. The van der Waals surface area contributed by atoms with Crippen LogP contribution in [0, 0.1) is 5.92 Å². The summed E-state index contributed by atoms with van der Waals surface area (Å²) in [5.41, 5.74) is 1.39. The second kappa shape index (κ2) is 5.23. The Bertz CT molecular complexity index is 414. The molecule has 0 aliphatic carbocycles. The zero-order valence-electron chi connectivity index (χ0n) is 10.8. The summed E-state index contributed by atoms with van der Waals surface area (Å²) in [5, 5.41) is 0. The van der Waals surface area contributed by atoms with Crippen LogP contribution in [0.5, 0.6) is 0 Å². The molecule has 2 bridgehead atoms. The largest absolute Gasteiger partial charge is 0.299 e. The molecule has 2 heterocycles. The van der Waals surface area contributed by atoms with E-state index in [1.165, 1.54) is 18.5 Å². The fourth-order valence-electron chi connectivity index (χ4n) is 3.39. The van der Waals surface area contributed by atoms with Crippen molar-refractivity contribution in [3.05, 3.63) is 35.9 Å². The standard InChI is InChI=1S/C16H21NO/c18-16-11-15(17-10-4-7-14(16)12-17)9-8-13-5-2-1-3-6-13/h1-3,5-6,14-15H,4,7-12H2. The van der Waals surface area contributed by atoms with E-state index in [1.54, 1.807) is 0 Å². The number of hydrogen-bond acceptors (Lipinski definition) is 2. The van der Waals surface area contributed by atoms with Crippen LogP contribution in [0.3, 0.4) is 0 Å². The van der Waals surface area contributed by atoms with Gasteiger partial charge in [-0.3, -0.25) is 9.69 Å². The molecule has 2 heteroatoms. The Balaban J connectivity index is 1.60. The number of rotatable bonds is 3. The first-order valence-electron chi connectivity index (χ1n) is 7.13. The van der Waals surface area contributed by atoms with E-state index in [2.05, 4.69) is 35.2 Å². The summed E-state index contributed by atoms with van der Waals surface area (Å²) in [6.07, 6.45) is 5.35. The van der Waals surface area contributed by atoms with Crippen LogP contribution in [0.4, 0.5) is 0 Å². The zero-order chi connectivity index (χ0) is 12.4. The number of hydrogen-bond donors (Lipinski definition) is 0. The Hall–Kier alpha value is -1.15. The highest BCUT2D eigenvalue weighted by atomic mass is 16.1. The maximum atomic E-state index is 12.0. The molecule has 18 heavy (non-hydrogen) atoms. The number of nitrogens with zero attached hydrogens (tertiary/aromatic N) is 1. The number of Topliss-reactive ketones (excluding diaryl/α,β-unsaturated/α-hetero) is 1. The van der Waals surface area contributed by atoms with E-state index >= 15 is 0 Å². The number of carbonyl (C=O) groups is 1. The van der Waals surface area contributed by atoms with Crippen LogP contribution in [-0.4, -0.2) is 29.8 Å². The molecule has 2 saturated heterocycles. The molecule has 3 atom stereocenters. The molecule has 3 rings (SSSR count). The van der Waals surface area contributed by atoms with E-state index < -0.39 is 0 Å². The monoisotopic (exact) mass is 243 g/mol. The summed E-state index contributed by atoms with van der Waals surface area (Å²) in [5.74, 6) is 0.871. The van der Waals surface area contributed by atoms with Gasteiger partial charge in [0.25, 0.3) is 0 Å². The molecule has 2 aliphatic rings. The van der Waals surface area contributed by atoms with E-state index in [0.717, 1.165) is 32.2 Å². The second-order valence-corrected chi connectivity index (χ2v) is 5.68. The maximum absolute atomic E-state index is 12.0. The van der Waals surface area contributed by atoms with Crippen LogP contribution in [0.2, 0.25) is 0 Å². The van der Waals surface area contributed by atoms with Gasteiger partial charge in [0, 0.05) is 24.9 Å². The number of carbonyl (C=O) groups excluding carboxylic acids is 1. The van der Waals surface area contributed by atoms with Crippen molar-refractivity contribution in [1.29, 1.82) is 0 Å². The van der Waals surface area contributed by atoms with Crippen LogP contribution < -0.4 is 0 Å². The average Bonchev–Trinajstić information content (AvgIpc) is 2.43. The van der Waals surface area contributed by atoms with Crippen molar-refractivity contribution < 1.29 is 4.79 Å². The normalized spacial score (nSPS) is 31.3. The van der Waals surface area contributed by atoms with Crippen LogP contribution in [0.15, 0.2) is 30.3 Å². The van der Waals surface area contributed by atoms with Crippen molar-refractivity contribution in [2.45, 2.75) is 38.1 Å². The molecular weight excluding hydrogens is 222 g/mol. The Morgan fingerprint density at radius 3 is 2.89 bits per heavy atom. The summed E-state index contributed by atoms with van der Waals surface area (Å²) in [7, 11) is 0. The quantitative estimate of drug-likeness (QED) is 0.813. The molecule has 0 radical (unpaired) electrons. The van der Waals surface area contributed by atoms with Crippen molar-refractivity contribution >= 4 is 5.78 Å². The number of benzene rings is 1. The Kier molecular flexibility index (Phi) is 3.46. The minimum atomic E-state index is 0.353. The number of fused-ring (bicyclic) bond motifs is 2. The van der Waals surface area contributed by atoms with E-state index in [4.69, 9.17) is 0 Å². The van der Waals surface area contributed by atoms with Gasteiger partial charge in [-0.2, -0.15) is 0 Å². The molecule has 1 aromatic carbocycles. The van der Waals surface area contributed by atoms with E-state index in [9.17, 15) is 4.79 Å². The van der Waals surface area contributed by atoms with Gasteiger partial charge in [0.15, 0.2) is 0 Å². The molecular formula is C16H21NO. The highest BCUT2D eigenvalue weighted by molar-refractivity contribution is 5.82. The molecule has 2 fully saturated rings. The van der Waals surface area contributed by atoms with Crippen molar-refractivity contribution in [2.75, 3.05) is 13.1 Å². The molecule has 0 saturated carbocycles. The lowest BCUT2D eigenvalue weighted by molar-refractivity contribution is -0.130. The predicted octanol–water partition coefficient (Wildman–Crippen LogP) is 2.67. The van der Waals surface area contributed by atoms with Gasteiger partial charge in [-0.05, 0) is 37.8 Å². The first-order valence-corrected chi connectivity index (χ1v) is 7.13. The smallest absolute Gasteiger partial charge is 0.138 e. The zero-order valence-corrected chi connectivity index (χ0v) is 10.8. The first kappa shape index (κ1) is 11.9. The van der Waals surface area contributed by atoms with Crippen molar-refractivity contribution in [3.63, 3.8) is 0 Å². The molecule has 0 amide bonds. The van der Waals surface area contributed by atoms with Gasteiger partial charge < -0.3 is 0 Å². The topological polar surface area (TPSA) is 20.3 Å². The maximum Gasteiger partial charge on any atom is 0.138 e. The molecule has 96 valence electrons. The number of aryl methyl sites for hydroxylation is 1. The molecule has 0 N–H and O–H groups in total. The molecule has 2 nitrogen and oxygen atoms in total. The fourth-order valence-corrected chi connectivity index (χ4v) is 3.39. The fraction of sp³-hybridized carbons (Fsp3) is 0.562. The highest BCUT2D eigenvalue weighted by Crippen LogP contribution is 2.29. The molecule has 0 aromatic heterocycles. The van der Waals surface area contributed by atoms with Crippen molar-refractivity contribution in [2.24, 2.45) is 5.92 Å². The van der Waals surface area contributed by atoms with Crippen LogP contribution in [0.25, 0.3) is 0 Å². The Morgan fingerprint density at radius 1 is 1.22 bits per heavy atom. The highest BCUT2D eigenvalue weighted by Gasteiger charge is 2.36. The lowest BCUT2D eigenvalue weighted by atomic mass is 9.83.